The van der Waals surface area contributed by atoms with Crippen LogP contribution >= 0.6 is 0 Å². The number of rotatable bonds is 7. The average molecular weight is 413 g/mol. The fraction of sp³-hybridized carbons (Fsp3) is 0.565. The van der Waals surface area contributed by atoms with E-state index in [-0.39, 0.29) is 17.9 Å². The van der Waals surface area contributed by atoms with Crippen LogP contribution in [-0.4, -0.2) is 77.1 Å². The summed E-state index contributed by atoms with van der Waals surface area (Å²) >= 11 is 0. The first-order valence-electron chi connectivity index (χ1n) is 10.9. The number of imide groups is 1. The van der Waals surface area contributed by atoms with Crippen LogP contribution in [0.15, 0.2) is 30.5 Å². The highest BCUT2D eigenvalue weighted by atomic mass is 16.5. The van der Waals surface area contributed by atoms with Gasteiger partial charge in [-0.05, 0) is 30.4 Å². The Morgan fingerprint density at radius 1 is 1.17 bits per heavy atom. The summed E-state index contributed by atoms with van der Waals surface area (Å²) in [5.74, 6) is 0.225. The summed E-state index contributed by atoms with van der Waals surface area (Å²) < 4.78 is 5.23. The maximum absolute atomic E-state index is 13.4. The third-order valence-electron chi connectivity index (χ3n) is 6.44. The number of carbonyl (C=O) groups is 2. The van der Waals surface area contributed by atoms with Gasteiger partial charge in [-0.3, -0.25) is 14.6 Å². The number of piperidine rings is 1. The molecular weight excluding hydrogens is 380 g/mol. The summed E-state index contributed by atoms with van der Waals surface area (Å²) in [5, 5.41) is 1.25. The van der Waals surface area contributed by atoms with Crippen LogP contribution in [0.4, 0.5) is 4.79 Å². The molecule has 0 radical (unpaired) electrons. The number of likely N-dealkylation sites (tertiary alicyclic amines) is 1. The van der Waals surface area contributed by atoms with Crippen LogP contribution in [0.25, 0.3) is 10.9 Å². The number of nitrogens with one attached hydrogen (secondary N) is 1. The number of hydrogen-bond acceptors (Lipinski definition) is 4. The van der Waals surface area contributed by atoms with Crippen molar-refractivity contribution in [3.63, 3.8) is 0 Å². The molecule has 0 saturated carbocycles. The molecule has 2 fully saturated rings. The summed E-state index contributed by atoms with van der Waals surface area (Å²) in [4.78, 5) is 35.4. The van der Waals surface area contributed by atoms with Gasteiger partial charge in [-0.2, -0.15) is 0 Å². The lowest BCUT2D eigenvalue weighted by atomic mass is 9.85. The molecule has 1 aromatic carbocycles. The molecule has 4 rings (SSSR count). The third-order valence-corrected chi connectivity index (χ3v) is 6.44. The molecule has 3 amide bonds. The zero-order valence-corrected chi connectivity index (χ0v) is 18.2. The summed E-state index contributed by atoms with van der Waals surface area (Å²) in [6.07, 6.45) is 3.41. The smallest absolute Gasteiger partial charge is 0.327 e. The van der Waals surface area contributed by atoms with Crippen molar-refractivity contribution < 1.29 is 14.3 Å². The molecule has 1 spiro atoms. The van der Waals surface area contributed by atoms with E-state index in [1.54, 1.807) is 12.0 Å². The minimum absolute atomic E-state index is 0.0240. The van der Waals surface area contributed by atoms with Gasteiger partial charge in [0.2, 0.25) is 0 Å². The molecule has 7 nitrogen and oxygen atoms in total. The van der Waals surface area contributed by atoms with Crippen molar-refractivity contribution in [1.29, 1.82) is 0 Å². The number of H-pyrrole nitrogens is 1. The normalized spacial score (nSPS) is 19.7. The third kappa shape index (κ3) is 3.61. The number of hydrogen-bond donors (Lipinski definition) is 1. The minimum Gasteiger partial charge on any atom is -0.383 e. The molecule has 0 bridgehead atoms. The Bertz CT molecular complexity index is 914. The van der Waals surface area contributed by atoms with Crippen LogP contribution in [-0.2, 0) is 16.1 Å². The second kappa shape index (κ2) is 8.40. The largest absolute Gasteiger partial charge is 0.383 e. The first-order chi connectivity index (χ1) is 14.5. The molecule has 0 aliphatic carbocycles. The number of benzene rings is 1. The monoisotopic (exact) mass is 412 g/mol. The topological polar surface area (TPSA) is 68.9 Å². The second-order valence-electron chi connectivity index (χ2n) is 8.90. The Balaban J connectivity index is 1.50. The Kier molecular flexibility index (Phi) is 5.84. The molecule has 0 atom stereocenters. The van der Waals surface area contributed by atoms with Gasteiger partial charge in [0.25, 0.3) is 5.91 Å². The molecule has 0 unspecified atom stereocenters. The Hall–Kier alpha value is -2.38. The SMILES string of the molecule is COCCN1C(=O)N(CC(C)C)C(=O)C12CCN(Cc1c[nH]c3ccccc13)CC2. The van der Waals surface area contributed by atoms with E-state index in [4.69, 9.17) is 4.74 Å². The molecule has 162 valence electrons. The standard InChI is InChI=1S/C23H32N4O3/c1-17(2)15-26-21(28)23(27(22(26)29)12-13-30-3)8-10-25(11-9-23)16-18-14-24-20-7-5-4-6-19(18)20/h4-7,14,17,24H,8-13,15-16H2,1-3H3. The summed E-state index contributed by atoms with van der Waals surface area (Å²) in [7, 11) is 1.63. The molecule has 1 N–H and O–H groups in total. The van der Waals surface area contributed by atoms with Crippen LogP contribution in [0.3, 0.4) is 0 Å². The zero-order valence-electron chi connectivity index (χ0n) is 18.2. The predicted octanol–water partition coefficient (Wildman–Crippen LogP) is 3.07. The maximum atomic E-state index is 13.4. The lowest BCUT2D eigenvalue weighted by Gasteiger charge is -2.42. The summed E-state index contributed by atoms with van der Waals surface area (Å²) in [5.41, 5.74) is 1.70. The van der Waals surface area contributed by atoms with E-state index in [1.165, 1.54) is 15.8 Å². The number of amides is 3. The van der Waals surface area contributed by atoms with Gasteiger partial charge in [-0.1, -0.05) is 32.0 Å². The number of methoxy groups -OCH3 is 1. The number of nitrogens with zero attached hydrogens (tertiary/aromatic N) is 3. The number of urea groups is 1. The van der Waals surface area contributed by atoms with Crippen molar-refractivity contribution in [1.82, 2.24) is 19.7 Å². The van der Waals surface area contributed by atoms with Gasteiger partial charge in [0.05, 0.1) is 6.61 Å². The number of aromatic nitrogens is 1. The van der Waals surface area contributed by atoms with Crippen LogP contribution < -0.4 is 0 Å². The number of aromatic amines is 1. The van der Waals surface area contributed by atoms with Crippen molar-refractivity contribution in [3.8, 4) is 0 Å². The Labute approximate surface area is 178 Å². The maximum Gasteiger partial charge on any atom is 0.327 e. The quantitative estimate of drug-likeness (QED) is 0.710. The highest BCUT2D eigenvalue weighted by Crippen LogP contribution is 2.38. The van der Waals surface area contributed by atoms with Crippen LogP contribution in [0.1, 0.15) is 32.3 Å². The average Bonchev–Trinajstić information content (AvgIpc) is 3.22. The number of ether oxygens (including phenoxy) is 1. The van der Waals surface area contributed by atoms with E-state index < -0.39 is 5.54 Å². The molecule has 2 aliphatic rings. The second-order valence-corrected chi connectivity index (χ2v) is 8.90. The molecule has 1 aromatic heterocycles. The number of fused-ring (bicyclic) bond motifs is 1. The Morgan fingerprint density at radius 3 is 2.60 bits per heavy atom. The van der Waals surface area contributed by atoms with Crippen molar-refractivity contribution >= 4 is 22.8 Å². The molecule has 3 heterocycles. The molecule has 2 aromatic rings. The van der Waals surface area contributed by atoms with Crippen molar-refractivity contribution in [3.05, 3.63) is 36.0 Å². The van der Waals surface area contributed by atoms with E-state index in [1.807, 2.05) is 19.9 Å². The molecule has 2 aliphatic heterocycles. The van der Waals surface area contributed by atoms with Gasteiger partial charge in [0, 0.05) is 56.9 Å². The van der Waals surface area contributed by atoms with E-state index in [9.17, 15) is 9.59 Å². The highest BCUT2D eigenvalue weighted by Gasteiger charge is 2.57. The zero-order chi connectivity index (χ0) is 21.3. The van der Waals surface area contributed by atoms with Crippen molar-refractivity contribution in [2.24, 2.45) is 5.92 Å². The first kappa shape index (κ1) is 20.9. The molecule has 2 saturated heterocycles. The fourth-order valence-electron chi connectivity index (χ4n) is 4.87. The van der Waals surface area contributed by atoms with E-state index in [2.05, 4.69) is 34.3 Å². The number of carbonyl (C=O) groups excluding carboxylic acids is 2. The predicted molar refractivity (Wildman–Crippen MR) is 116 cm³/mol. The van der Waals surface area contributed by atoms with Crippen LogP contribution in [0, 0.1) is 5.92 Å². The van der Waals surface area contributed by atoms with Crippen molar-refractivity contribution in [2.45, 2.75) is 38.8 Å². The van der Waals surface area contributed by atoms with Gasteiger partial charge >= 0.3 is 6.03 Å². The molecule has 7 heteroatoms. The van der Waals surface area contributed by atoms with E-state index >= 15 is 0 Å². The first-order valence-corrected chi connectivity index (χ1v) is 10.9. The lowest BCUT2D eigenvalue weighted by Crippen LogP contribution is -2.57. The minimum atomic E-state index is -0.721. The summed E-state index contributed by atoms with van der Waals surface area (Å²) in [6, 6.07) is 8.17. The van der Waals surface area contributed by atoms with Gasteiger partial charge in [0.15, 0.2) is 0 Å². The fourth-order valence-corrected chi connectivity index (χ4v) is 4.87. The van der Waals surface area contributed by atoms with Gasteiger partial charge < -0.3 is 14.6 Å². The van der Waals surface area contributed by atoms with Crippen molar-refractivity contribution in [2.75, 3.05) is 39.9 Å². The van der Waals surface area contributed by atoms with E-state index in [0.29, 0.717) is 32.5 Å². The lowest BCUT2D eigenvalue weighted by molar-refractivity contribution is -0.136. The van der Waals surface area contributed by atoms with Gasteiger partial charge in [0.1, 0.15) is 5.54 Å². The van der Waals surface area contributed by atoms with Gasteiger partial charge in [-0.25, -0.2) is 4.79 Å². The molecular formula is C23H32N4O3. The van der Waals surface area contributed by atoms with Crippen LogP contribution in [0.5, 0.6) is 0 Å². The Morgan fingerprint density at radius 2 is 1.90 bits per heavy atom. The van der Waals surface area contributed by atoms with E-state index in [0.717, 1.165) is 25.2 Å². The highest BCUT2D eigenvalue weighted by molar-refractivity contribution is 6.07. The molecule has 30 heavy (non-hydrogen) atoms. The van der Waals surface area contributed by atoms with Crippen LogP contribution in [0.2, 0.25) is 0 Å². The summed E-state index contributed by atoms with van der Waals surface area (Å²) in [6.45, 7) is 7.87. The van der Waals surface area contributed by atoms with Gasteiger partial charge in [-0.15, -0.1) is 0 Å². The number of para-hydroxylation sites is 1.